The van der Waals surface area contributed by atoms with Gasteiger partial charge in [0, 0.05) is 5.56 Å². The molecule has 0 saturated carbocycles. The van der Waals surface area contributed by atoms with E-state index in [0.717, 1.165) is 0 Å². The fourth-order valence-electron chi connectivity index (χ4n) is 1.56. The number of rotatable bonds is 4. The molecular formula is C11H10Cl2N2O4S. The molecule has 0 aliphatic rings. The molecule has 2 N–H and O–H groups in total. The summed E-state index contributed by atoms with van der Waals surface area (Å²) in [6.45, 7) is 3.53. The minimum Gasteiger partial charge on any atom is -0.493 e. The van der Waals surface area contributed by atoms with Crippen molar-refractivity contribution in [2.24, 2.45) is 0 Å². The lowest BCUT2D eigenvalue weighted by atomic mass is 10.3. The van der Waals surface area contributed by atoms with E-state index in [1.165, 1.54) is 16.8 Å². The van der Waals surface area contributed by atoms with Crippen molar-refractivity contribution in [2.45, 2.75) is 18.7 Å². The molecule has 0 bridgehead atoms. The molecular weight excluding hydrogens is 327 g/mol. The monoisotopic (exact) mass is 336 g/mol. The van der Waals surface area contributed by atoms with Crippen LogP contribution in [0.25, 0.3) is 5.69 Å². The van der Waals surface area contributed by atoms with Crippen LogP contribution < -0.4 is 0 Å². The highest BCUT2D eigenvalue weighted by molar-refractivity contribution is 7.94. The van der Waals surface area contributed by atoms with Gasteiger partial charge in [0.25, 0.3) is 0 Å². The average molecular weight is 337 g/mol. The Hall–Kier alpha value is -0.960. The highest BCUT2D eigenvalue weighted by atomic mass is 35.5. The predicted molar refractivity (Wildman–Crippen MR) is 75.4 cm³/mol. The van der Waals surface area contributed by atoms with Crippen molar-refractivity contribution >= 4 is 35.2 Å². The van der Waals surface area contributed by atoms with E-state index in [2.05, 4.69) is 14.5 Å². The standard InChI is InChI=1S/C11H10Cl2N2O4S/c1-5-6(2)14-15(11(5)16)9-3-8(13)10(4-7(9)12)20-19-18-17/h3-4,16-17H,1-2H3. The molecule has 0 fully saturated rings. The normalized spacial score (nSPS) is 11.1. The van der Waals surface area contributed by atoms with Gasteiger partial charge in [0.2, 0.25) is 5.88 Å². The molecule has 1 aromatic heterocycles. The van der Waals surface area contributed by atoms with Gasteiger partial charge in [-0.15, -0.1) is 4.33 Å². The van der Waals surface area contributed by atoms with Crippen LogP contribution in [0, 0.1) is 13.8 Å². The van der Waals surface area contributed by atoms with Crippen molar-refractivity contribution < 1.29 is 19.7 Å². The van der Waals surface area contributed by atoms with Gasteiger partial charge in [-0.1, -0.05) is 28.2 Å². The lowest BCUT2D eigenvalue weighted by Gasteiger charge is -2.09. The summed E-state index contributed by atoms with van der Waals surface area (Å²) < 4.78 is 5.61. The maximum atomic E-state index is 10.0. The predicted octanol–water partition coefficient (Wildman–Crippen LogP) is 3.93. The largest absolute Gasteiger partial charge is 0.493 e. The summed E-state index contributed by atoms with van der Waals surface area (Å²) >= 11 is 12.9. The quantitative estimate of drug-likeness (QED) is 0.500. The molecule has 0 aliphatic heterocycles. The first-order chi connectivity index (χ1) is 9.45. The molecule has 0 amide bonds. The number of aromatic hydroxyl groups is 1. The van der Waals surface area contributed by atoms with Gasteiger partial charge in [-0.3, -0.25) is 0 Å². The van der Waals surface area contributed by atoms with E-state index in [4.69, 9.17) is 28.5 Å². The van der Waals surface area contributed by atoms with Crippen LogP contribution in [0.4, 0.5) is 0 Å². The van der Waals surface area contributed by atoms with E-state index in [-0.39, 0.29) is 5.88 Å². The Kier molecular flexibility index (Phi) is 4.79. The summed E-state index contributed by atoms with van der Waals surface area (Å²) in [6, 6.07) is 3.03. The Morgan fingerprint density at radius 3 is 2.50 bits per heavy atom. The van der Waals surface area contributed by atoms with Gasteiger partial charge >= 0.3 is 0 Å². The van der Waals surface area contributed by atoms with Crippen molar-refractivity contribution in [3.8, 4) is 11.6 Å². The van der Waals surface area contributed by atoms with Crippen molar-refractivity contribution in [3.63, 3.8) is 0 Å². The summed E-state index contributed by atoms with van der Waals surface area (Å²) in [5, 5.41) is 26.4. The zero-order chi connectivity index (χ0) is 14.9. The molecule has 20 heavy (non-hydrogen) atoms. The summed E-state index contributed by atoms with van der Waals surface area (Å²) in [5.41, 5.74) is 1.78. The minimum absolute atomic E-state index is 0.00388. The van der Waals surface area contributed by atoms with Gasteiger partial charge in [0.1, 0.15) is 0 Å². The molecule has 0 spiro atoms. The van der Waals surface area contributed by atoms with E-state index in [1.54, 1.807) is 13.8 Å². The van der Waals surface area contributed by atoms with Gasteiger partial charge in [-0.2, -0.15) is 9.78 Å². The van der Waals surface area contributed by atoms with Crippen molar-refractivity contribution in [1.82, 2.24) is 9.78 Å². The minimum atomic E-state index is -0.00388. The molecule has 0 unspecified atom stereocenters. The van der Waals surface area contributed by atoms with E-state index in [1.807, 2.05) is 0 Å². The smallest absolute Gasteiger partial charge is 0.217 e. The maximum Gasteiger partial charge on any atom is 0.217 e. The van der Waals surface area contributed by atoms with Gasteiger partial charge in [0.05, 0.1) is 38.4 Å². The highest BCUT2D eigenvalue weighted by Crippen LogP contribution is 2.36. The third-order valence-corrected chi connectivity index (χ3v) is 4.09. The number of aromatic nitrogens is 2. The Morgan fingerprint density at radius 2 is 1.95 bits per heavy atom. The van der Waals surface area contributed by atoms with Crippen LogP contribution in [0.2, 0.25) is 10.0 Å². The molecule has 0 radical (unpaired) electrons. The van der Waals surface area contributed by atoms with Crippen LogP contribution >= 0.6 is 35.2 Å². The first-order valence-corrected chi connectivity index (χ1v) is 6.84. The molecule has 0 saturated heterocycles. The van der Waals surface area contributed by atoms with Crippen LogP contribution in [-0.2, 0) is 9.37 Å². The van der Waals surface area contributed by atoms with Crippen molar-refractivity contribution in [2.75, 3.05) is 0 Å². The summed E-state index contributed by atoms with van der Waals surface area (Å²) in [5.74, 6) is -0.00388. The SMILES string of the molecule is Cc1nn(-c2cc(Cl)c(SOOO)cc2Cl)c(O)c1C. The fraction of sp³-hybridized carbons (Fsp3) is 0.182. The average Bonchev–Trinajstić information content (AvgIpc) is 2.67. The molecule has 0 atom stereocenters. The number of benzene rings is 1. The van der Waals surface area contributed by atoms with Crippen LogP contribution in [0.5, 0.6) is 5.88 Å². The van der Waals surface area contributed by atoms with E-state index in [0.29, 0.717) is 43.9 Å². The van der Waals surface area contributed by atoms with Gasteiger partial charge in [-0.05, 0) is 26.0 Å². The lowest BCUT2D eigenvalue weighted by Crippen LogP contribution is -1.98. The summed E-state index contributed by atoms with van der Waals surface area (Å²) in [6.07, 6.45) is 0. The molecule has 2 aromatic rings. The van der Waals surface area contributed by atoms with E-state index in [9.17, 15) is 5.11 Å². The molecule has 108 valence electrons. The lowest BCUT2D eigenvalue weighted by molar-refractivity contribution is -0.432. The molecule has 9 heteroatoms. The second kappa shape index (κ2) is 6.21. The fourth-order valence-corrected chi connectivity index (χ4v) is 2.53. The second-order valence-electron chi connectivity index (χ2n) is 3.91. The van der Waals surface area contributed by atoms with Crippen LogP contribution in [0.1, 0.15) is 11.3 Å². The Bertz CT molecular complexity index is 648. The first-order valence-electron chi connectivity index (χ1n) is 5.35. The number of nitrogens with zero attached hydrogens (tertiary/aromatic N) is 2. The zero-order valence-corrected chi connectivity index (χ0v) is 12.8. The summed E-state index contributed by atoms with van der Waals surface area (Å²) in [7, 11) is 0. The van der Waals surface area contributed by atoms with Gasteiger partial charge in [0.15, 0.2) is 0 Å². The Labute approximate surface area is 128 Å². The molecule has 0 aliphatic carbocycles. The van der Waals surface area contributed by atoms with Crippen molar-refractivity contribution in [1.29, 1.82) is 0 Å². The molecule has 1 heterocycles. The topological polar surface area (TPSA) is 76.7 Å². The second-order valence-corrected chi connectivity index (χ2v) is 5.46. The van der Waals surface area contributed by atoms with E-state index >= 15 is 0 Å². The van der Waals surface area contributed by atoms with Crippen LogP contribution in [-0.4, -0.2) is 20.1 Å². The third-order valence-electron chi connectivity index (χ3n) is 2.71. The number of hydrogen-bond acceptors (Lipinski definition) is 6. The maximum absolute atomic E-state index is 10.0. The van der Waals surface area contributed by atoms with Crippen molar-refractivity contribution in [3.05, 3.63) is 33.4 Å². The molecule has 1 aromatic carbocycles. The Morgan fingerprint density at radius 1 is 1.25 bits per heavy atom. The first kappa shape index (κ1) is 15.4. The van der Waals surface area contributed by atoms with Gasteiger partial charge < -0.3 is 5.11 Å². The Balaban J connectivity index is 2.47. The third kappa shape index (κ3) is 2.88. The highest BCUT2D eigenvalue weighted by Gasteiger charge is 2.16. The molecule has 2 rings (SSSR count). The summed E-state index contributed by atoms with van der Waals surface area (Å²) in [4.78, 5) is 0.439. The van der Waals surface area contributed by atoms with Gasteiger partial charge in [-0.25, -0.2) is 5.26 Å². The number of aryl methyl sites for hydroxylation is 1. The number of halogens is 2. The van der Waals surface area contributed by atoms with E-state index < -0.39 is 0 Å². The number of hydrogen-bond donors (Lipinski definition) is 2. The van der Waals surface area contributed by atoms with Crippen LogP contribution in [0.3, 0.4) is 0 Å². The molecule has 6 nitrogen and oxygen atoms in total. The zero-order valence-electron chi connectivity index (χ0n) is 10.4. The van der Waals surface area contributed by atoms with Crippen LogP contribution in [0.15, 0.2) is 17.0 Å².